The molecule has 27 heavy (non-hydrogen) atoms. The molecule has 0 atom stereocenters. The number of esters is 1. The highest BCUT2D eigenvalue weighted by Gasteiger charge is 2.22. The van der Waals surface area contributed by atoms with E-state index in [9.17, 15) is 22.4 Å². The first kappa shape index (κ1) is 20.2. The normalized spacial score (nSPS) is 10.8. The predicted molar refractivity (Wildman–Crippen MR) is 90.1 cm³/mol. The Morgan fingerprint density at radius 1 is 1.04 bits per heavy atom. The Balaban J connectivity index is 2.22. The number of rotatable bonds is 6. The molecule has 3 nitrogen and oxygen atoms in total. The van der Waals surface area contributed by atoms with Crippen molar-refractivity contribution in [3.8, 4) is 11.8 Å². The molecule has 0 fully saturated rings. The van der Waals surface area contributed by atoms with E-state index in [2.05, 4.69) is 4.74 Å². The van der Waals surface area contributed by atoms with Gasteiger partial charge >= 0.3 is 5.97 Å². The van der Waals surface area contributed by atoms with Crippen LogP contribution in [0.5, 0.6) is 5.75 Å². The fourth-order valence-electron chi connectivity index (χ4n) is 2.37. The molecule has 0 aliphatic rings. The van der Waals surface area contributed by atoms with Gasteiger partial charge in [-0.25, -0.2) is 22.4 Å². The molecule has 0 amide bonds. The molecule has 0 unspecified atom stereocenters. The molecule has 0 bridgehead atoms. The van der Waals surface area contributed by atoms with Crippen molar-refractivity contribution in [3.05, 3.63) is 76.4 Å². The third-order valence-corrected chi connectivity index (χ3v) is 3.65. The Morgan fingerprint density at radius 3 is 2.15 bits per heavy atom. The lowest BCUT2D eigenvalue weighted by molar-refractivity contribution is 0.0723. The fourth-order valence-corrected chi connectivity index (χ4v) is 2.37. The molecule has 0 aliphatic carbocycles. The van der Waals surface area contributed by atoms with Crippen molar-refractivity contribution < 1.29 is 27.1 Å². The first-order valence-electron chi connectivity index (χ1n) is 8.11. The maximum atomic E-state index is 14.2. The average molecular weight is 377 g/mol. The van der Waals surface area contributed by atoms with E-state index in [1.165, 1.54) is 6.07 Å². The van der Waals surface area contributed by atoms with Crippen molar-refractivity contribution in [2.45, 2.75) is 26.2 Å². The van der Waals surface area contributed by atoms with Crippen molar-refractivity contribution in [1.29, 1.82) is 5.26 Å². The Morgan fingerprint density at radius 2 is 1.63 bits per heavy atom. The second-order valence-electron chi connectivity index (χ2n) is 5.62. The van der Waals surface area contributed by atoms with Crippen LogP contribution in [0.25, 0.3) is 0 Å². The zero-order chi connectivity index (χ0) is 20.0. The van der Waals surface area contributed by atoms with E-state index in [0.717, 1.165) is 18.6 Å². The summed E-state index contributed by atoms with van der Waals surface area (Å²) in [7, 11) is 0. The summed E-state index contributed by atoms with van der Waals surface area (Å²) in [5.41, 5.74) is -1.46. The standard InChI is InChI=1S/C20H15F4NO2/c1-2-3-4-5-6-12-7-17(23)19(18(24)8-12)20(26)27-13-9-15(21)14(11-25)16(22)10-13/h3-4,7-10H,2,5-6H2,1H3. The maximum Gasteiger partial charge on any atom is 0.349 e. The summed E-state index contributed by atoms with van der Waals surface area (Å²) in [6.07, 6.45) is 5.62. The van der Waals surface area contributed by atoms with Crippen molar-refractivity contribution in [2.24, 2.45) is 0 Å². The number of hydrogen-bond donors (Lipinski definition) is 0. The largest absolute Gasteiger partial charge is 0.423 e. The van der Waals surface area contributed by atoms with Crippen molar-refractivity contribution in [1.82, 2.24) is 0 Å². The Labute approximate surface area is 153 Å². The number of halogens is 4. The molecule has 0 radical (unpaired) electrons. The van der Waals surface area contributed by atoms with Gasteiger partial charge in [-0.3, -0.25) is 0 Å². The number of allylic oxidation sites excluding steroid dienone is 2. The monoisotopic (exact) mass is 377 g/mol. The Bertz CT molecular complexity index is 886. The zero-order valence-electron chi connectivity index (χ0n) is 14.4. The molecule has 0 saturated carbocycles. The number of carbonyl (C=O) groups is 1. The summed E-state index contributed by atoms with van der Waals surface area (Å²) in [4.78, 5) is 12.0. The molecule has 0 spiro atoms. The van der Waals surface area contributed by atoms with E-state index in [4.69, 9.17) is 5.26 Å². The molecule has 0 heterocycles. The Hall–Kier alpha value is -3.14. The topological polar surface area (TPSA) is 50.1 Å². The maximum absolute atomic E-state index is 14.2. The molecule has 2 aromatic carbocycles. The summed E-state index contributed by atoms with van der Waals surface area (Å²) in [6.45, 7) is 1.96. The summed E-state index contributed by atoms with van der Waals surface area (Å²) >= 11 is 0. The van der Waals surface area contributed by atoms with Gasteiger partial charge in [0.05, 0.1) is 0 Å². The minimum atomic E-state index is -1.44. The quantitative estimate of drug-likeness (QED) is 0.300. The van der Waals surface area contributed by atoms with Crippen LogP contribution in [-0.2, 0) is 6.42 Å². The van der Waals surface area contributed by atoms with Gasteiger partial charge in [-0.05, 0) is 37.0 Å². The van der Waals surface area contributed by atoms with Crippen LogP contribution in [0, 0.1) is 34.6 Å². The van der Waals surface area contributed by atoms with Gasteiger partial charge in [0, 0.05) is 12.1 Å². The second kappa shape index (κ2) is 8.99. The smallest absolute Gasteiger partial charge is 0.349 e. The minimum Gasteiger partial charge on any atom is -0.423 e. The van der Waals surface area contributed by atoms with Gasteiger partial charge in [-0.1, -0.05) is 19.1 Å². The molecule has 140 valence electrons. The number of carbonyl (C=O) groups excluding carboxylic acids is 1. The number of nitrogens with zero attached hydrogens (tertiary/aromatic N) is 1. The van der Waals surface area contributed by atoms with E-state index in [1.54, 1.807) is 0 Å². The minimum absolute atomic E-state index is 0.359. The number of ether oxygens (including phenoxy) is 1. The Kier molecular flexibility index (Phi) is 6.72. The van der Waals surface area contributed by atoms with Gasteiger partial charge in [-0.15, -0.1) is 0 Å². The van der Waals surface area contributed by atoms with Gasteiger partial charge in [-0.2, -0.15) is 5.26 Å². The van der Waals surface area contributed by atoms with E-state index in [1.807, 2.05) is 19.1 Å². The van der Waals surface area contributed by atoms with Crippen LogP contribution in [0.1, 0.15) is 41.3 Å². The molecule has 0 saturated heterocycles. The third-order valence-electron chi connectivity index (χ3n) is 3.65. The molecule has 2 aromatic rings. The van der Waals surface area contributed by atoms with Crippen molar-refractivity contribution in [3.63, 3.8) is 0 Å². The van der Waals surface area contributed by atoms with E-state index in [-0.39, 0.29) is 0 Å². The van der Waals surface area contributed by atoms with Crippen molar-refractivity contribution >= 4 is 5.97 Å². The molecule has 2 rings (SSSR count). The molecular formula is C20H15F4NO2. The number of nitriles is 1. The van der Waals surface area contributed by atoms with Gasteiger partial charge in [0.15, 0.2) is 0 Å². The highest BCUT2D eigenvalue weighted by Crippen LogP contribution is 2.23. The third kappa shape index (κ3) is 4.94. The summed E-state index contributed by atoms with van der Waals surface area (Å²) in [6, 6.07) is 4.51. The SMILES string of the molecule is CCC=CCCc1cc(F)c(C(=O)Oc2cc(F)c(C#N)c(F)c2)c(F)c1. The summed E-state index contributed by atoms with van der Waals surface area (Å²) in [5, 5.41) is 8.60. The van der Waals surface area contributed by atoms with Crippen LogP contribution in [0.2, 0.25) is 0 Å². The molecule has 0 aliphatic heterocycles. The number of aryl methyl sites for hydroxylation is 1. The van der Waals surface area contributed by atoms with Crippen LogP contribution < -0.4 is 4.74 Å². The fraction of sp³-hybridized carbons (Fsp3) is 0.200. The van der Waals surface area contributed by atoms with E-state index < -0.39 is 46.1 Å². The van der Waals surface area contributed by atoms with Crippen LogP contribution in [0.15, 0.2) is 36.4 Å². The first-order valence-corrected chi connectivity index (χ1v) is 8.11. The van der Waals surface area contributed by atoms with Crippen LogP contribution in [0.3, 0.4) is 0 Å². The molecular weight excluding hydrogens is 362 g/mol. The lowest BCUT2D eigenvalue weighted by Gasteiger charge is -2.09. The lowest BCUT2D eigenvalue weighted by atomic mass is 10.1. The lowest BCUT2D eigenvalue weighted by Crippen LogP contribution is -2.14. The van der Waals surface area contributed by atoms with Gasteiger partial charge < -0.3 is 4.74 Å². The van der Waals surface area contributed by atoms with Gasteiger partial charge in [0.2, 0.25) is 0 Å². The average Bonchev–Trinajstić information content (AvgIpc) is 2.58. The first-order chi connectivity index (χ1) is 12.9. The highest BCUT2D eigenvalue weighted by atomic mass is 19.1. The second-order valence-corrected chi connectivity index (χ2v) is 5.62. The molecule has 0 N–H and O–H groups in total. The number of benzene rings is 2. The van der Waals surface area contributed by atoms with Crippen molar-refractivity contribution in [2.75, 3.05) is 0 Å². The highest BCUT2D eigenvalue weighted by molar-refractivity contribution is 5.91. The van der Waals surface area contributed by atoms with Gasteiger partial charge in [0.1, 0.15) is 46.2 Å². The van der Waals surface area contributed by atoms with E-state index in [0.29, 0.717) is 30.5 Å². The van der Waals surface area contributed by atoms with E-state index >= 15 is 0 Å². The zero-order valence-corrected chi connectivity index (χ0v) is 14.4. The number of hydrogen-bond acceptors (Lipinski definition) is 3. The van der Waals surface area contributed by atoms with Gasteiger partial charge in [0.25, 0.3) is 0 Å². The van der Waals surface area contributed by atoms with Crippen LogP contribution >= 0.6 is 0 Å². The molecule has 7 heteroatoms. The summed E-state index contributed by atoms with van der Waals surface area (Å²) in [5.74, 6) is -6.82. The molecule has 0 aromatic heterocycles. The van der Waals surface area contributed by atoms with Crippen LogP contribution in [-0.4, -0.2) is 5.97 Å². The predicted octanol–water partition coefficient (Wildman–Crippen LogP) is 5.23. The van der Waals surface area contributed by atoms with Crippen LogP contribution in [0.4, 0.5) is 17.6 Å². The summed E-state index contributed by atoms with van der Waals surface area (Å²) < 4.78 is 60.1.